The first kappa shape index (κ1) is 20.5. The van der Waals surface area contributed by atoms with E-state index in [0.717, 1.165) is 32.0 Å². The fourth-order valence-electron chi connectivity index (χ4n) is 4.22. The molecule has 7 heteroatoms. The van der Waals surface area contributed by atoms with Crippen LogP contribution in [0.15, 0.2) is 24.3 Å². The van der Waals surface area contributed by atoms with Crippen LogP contribution in [0.1, 0.15) is 48.5 Å². The highest BCUT2D eigenvalue weighted by Gasteiger charge is 2.37. The van der Waals surface area contributed by atoms with Gasteiger partial charge in [0.1, 0.15) is 0 Å². The average Bonchev–Trinajstić information content (AvgIpc) is 2.68. The maximum Gasteiger partial charge on any atom is 0.417 e. The fraction of sp³-hybridized carbons (Fsp3) is 0.650. The predicted octanol–water partition coefficient (Wildman–Crippen LogP) is 4.43. The minimum Gasteiger partial charge on any atom is -0.349 e. The van der Waals surface area contributed by atoms with Gasteiger partial charge in [0.25, 0.3) is 5.91 Å². The second-order valence-electron chi connectivity index (χ2n) is 7.42. The third kappa shape index (κ3) is 4.99. The van der Waals surface area contributed by atoms with Crippen molar-refractivity contribution >= 4 is 17.7 Å². The molecule has 1 amide bonds. The molecule has 2 fully saturated rings. The highest BCUT2D eigenvalue weighted by molar-refractivity contribution is 7.99. The first-order valence-corrected chi connectivity index (χ1v) is 10.8. The normalized spacial score (nSPS) is 25.3. The second-order valence-corrected chi connectivity index (χ2v) is 8.64. The zero-order valence-corrected chi connectivity index (χ0v) is 16.4. The average molecular weight is 401 g/mol. The number of halogens is 3. The van der Waals surface area contributed by atoms with Crippen molar-refractivity contribution in [3.63, 3.8) is 0 Å². The number of benzene rings is 1. The lowest BCUT2D eigenvalue weighted by atomic mass is 9.88. The lowest BCUT2D eigenvalue weighted by molar-refractivity contribution is -0.137. The maximum atomic E-state index is 13.2. The van der Waals surface area contributed by atoms with Crippen molar-refractivity contribution < 1.29 is 18.0 Å². The molecule has 1 N–H and O–H groups in total. The summed E-state index contributed by atoms with van der Waals surface area (Å²) in [6.45, 7) is 3.91. The van der Waals surface area contributed by atoms with Gasteiger partial charge in [0.2, 0.25) is 0 Å². The molecule has 2 saturated heterocycles. The van der Waals surface area contributed by atoms with Gasteiger partial charge in [-0.2, -0.15) is 24.9 Å². The van der Waals surface area contributed by atoms with Crippen LogP contribution in [-0.2, 0) is 6.18 Å². The number of thioether (sulfide) groups is 1. The minimum atomic E-state index is -4.53. The Balaban J connectivity index is 1.66. The van der Waals surface area contributed by atoms with Crippen LogP contribution in [0.2, 0.25) is 0 Å². The topological polar surface area (TPSA) is 32.3 Å². The minimum absolute atomic E-state index is 0.0713. The lowest BCUT2D eigenvalue weighted by Gasteiger charge is -2.43. The monoisotopic (exact) mass is 400 g/mol. The van der Waals surface area contributed by atoms with E-state index in [-0.39, 0.29) is 17.5 Å². The van der Waals surface area contributed by atoms with Crippen molar-refractivity contribution in [2.75, 3.05) is 24.6 Å². The molecule has 150 valence electrons. The van der Waals surface area contributed by atoms with E-state index in [1.165, 1.54) is 42.5 Å². The number of alkyl halides is 3. The lowest BCUT2D eigenvalue weighted by Crippen LogP contribution is -2.54. The molecule has 2 atom stereocenters. The Morgan fingerprint density at radius 1 is 1.22 bits per heavy atom. The molecule has 0 unspecified atom stereocenters. The van der Waals surface area contributed by atoms with Gasteiger partial charge < -0.3 is 5.32 Å². The van der Waals surface area contributed by atoms with E-state index in [2.05, 4.69) is 17.1 Å². The molecule has 2 aliphatic rings. The molecule has 1 aromatic rings. The van der Waals surface area contributed by atoms with Crippen molar-refractivity contribution in [1.29, 1.82) is 0 Å². The van der Waals surface area contributed by atoms with E-state index in [4.69, 9.17) is 0 Å². The molecule has 1 aromatic carbocycles. The maximum absolute atomic E-state index is 13.2. The number of amides is 1. The summed E-state index contributed by atoms with van der Waals surface area (Å²) in [5, 5.41) is 2.90. The Labute approximate surface area is 163 Å². The van der Waals surface area contributed by atoms with Crippen LogP contribution in [0.5, 0.6) is 0 Å². The van der Waals surface area contributed by atoms with Gasteiger partial charge in [0, 0.05) is 25.2 Å². The molecule has 0 saturated carbocycles. The largest absolute Gasteiger partial charge is 0.417 e. The number of hydrogen-bond donors (Lipinski definition) is 1. The Hall–Kier alpha value is -1.21. The van der Waals surface area contributed by atoms with Gasteiger partial charge in [0.05, 0.1) is 11.1 Å². The zero-order chi connectivity index (χ0) is 19.4. The summed E-state index contributed by atoms with van der Waals surface area (Å²) in [6, 6.07) is 5.56. The summed E-state index contributed by atoms with van der Waals surface area (Å²) in [6.07, 6.45) is -0.416. The fourth-order valence-corrected chi connectivity index (χ4v) is 5.30. The van der Waals surface area contributed by atoms with E-state index in [9.17, 15) is 18.0 Å². The molecule has 0 spiro atoms. The van der Waals surface area contributed by atoms with Crippen LogP contribution in [-0.4, -0.2) is 47.5 Å². The van der Waals surface area contributed by atoms with E-state index >= 15 is 0 Å². The van der Waals surface area contributed by atoms with E-state index in [1.807, 2.05) is 11.8 Å². The molecular formula is C20H27F3N2OS. The van der Waals surface area contributed by atoms with Crippen LogP contribution >= 0.6 is 11.8 Å². The smallest absolute Gasteiger partial charge is 0.349 e. The molecule has 3 nitrogen and oxygen atoms in total. The number of likely N-dealkylation sites (tertiary alicyclic amines) is 1. The number of hydrogen-bond acceptors (Lipinski definition) is 3. The Morgan fingerprint density at radius 2 is 1.93 bits per heavy atom. The van der Waals surface area contributed by atoms with Crippen molar-refractivity contribution in [3.8, 4) is 0 Å². The van der Waals surface area contributed by atoms with E-state index in [0.29, 0.717) is 6.04 Å². The quantitative estimate of drug-likeness (QED) is 0.811. The third-order valence-electron chi connectivity index (χ3n) is 5.79. The number of nitrogens with zero attached hydrogens (tertiary/aromatic N) is 1. The van der Waals surface area contributed by atoms with Crippen LogP contribution in [0, 0.1) is 5.92 Å². The zero-order valence-electron chi connectivity index (χ0n) is 15.6. The number of carbonyl (C=O) groups is 1. The van der Waals surface area contributed by atoms with Gasteiger partial charge in [-0.1, -0.05) is 25.5 Å². The van der Waals surface area contributed by atoms with E-state index < -0.39 is 17.6 Å². The number of nitrogens with one attached hydrogen (secondary N) is 1. The number of carbonyl (C=O) groups excluding carboxylic acids is 1. The molecule has 2 heterocycles. The summed E-state index contributed by atoms with van der Waals surface area (Å²) < 4.78 is 39.6. The first-order valence-electron chi connectivity index (χ1n) is 9.69. The van der Waals surface area contributed by atoms with Crippen molar-refractivity contribution in [1.82, 2.24) is 10.2 Å². The molecule has 0 aliphatic carbocycles. The summed E-state index contributed by atoms with van der Waals surface area (Å²) in [5.41, 5.74) is -1.15. The van der Waals surface area contributed by atoms with Crippen LogP contribution in [0.3, 0.4) is 0 Å². The van der Waals surface area contributed by atoms with Crippen molar-refractivity contribution in [3.05, 3.63) is 35.4 Å². The van der Waals surface area contributed by atoms with Crippen molar-refractivity contribution in [2.24, 2.45) is 5.92 Å². The van der Waals surface area contributed by atoms with Crippen LogP contribution in [0.4, 0.5) is 13.2 Å². The summed E-state index contributed by atoms with van der Waals surface area (Å²) in [5.74, 6) is 2.06. The standard InChI is InChI=1S/C20H27F3N2OS/c1-2-14-13-25(15-8-11-27-12-9-15)10-7-18(14)24-19(26)16-5-3-4-6-17(16)20(21,22)23/h3-6,14-15,18H,2,7-13H2,1H3,(H,24,26)/t14-,18+/m1/s1. The molecule has 0 aromatic heterocycles. The highest BCUT2D eigenvalue weighted by Crippen LogP contribution is 2.32. The molecule has 3 rings (SSSR count). The van der Waals surface area contributed by atoms with Gasteiger partial charge >= 0.3 is 6.18 Å². The Morgan fingerprint density at radius 3 is 2.59 bits per heavy atom. The number of piperidine rings is 1. The van der Waals surface area contributed by atoms with Gasteiger partial charge in [0.15, 0.2) is 0 Å². The first-order chi connectivity index (χ1) is 12.9. The molecule has 0 bridgehead atoms. The Kier molecular flexibility index (Phi) is 6.74. The van der Waals surface area contributed by atoms with E-state index in [1.54, 1.807) is 0 Å². The Bertz CT molecular complexity index is 646. The SMILES string of the molecule is CC[C@@H]1CN(C2CCSCC2)CC[C@@H]1NC(=O)c1ccccc1C(F)(F)F. The highest BCUT2D eigenvalue weighted by atomic mass is 32.2. The van der Waals surface area contributed by atoms with Crippen LogP contribution < -0.4 is 5.32 Å². The summed E-state index contributed by atoms with van der Waals surface area (Å²) in [7, 11) is 0. The van der Waals surface area contributed by atoms with Gasteiger partial charge in [-0.15, -0.1) is 0 Å². The third-order valence-corrected chi connectivity index (χ3v) is 6.84. The van der Waals surface area contributed by atoms with Gasteiger partial charge in [-0.05, 0) is 48.8 Å². The summed E-state index contributed by atoms with van der Waals surface area (Å²) in [4.78, 5) is 15.1. The van der Waals surface area contributed by atoms with Crippen molar-refractivity contribution in [2.45, 2.75) is 50.9 Å². The van der Waals surface area contributed by atoms with Crippen LogP contribution in [0.25, 0.3) is 0 Å². The van der Waals surface area contributed by atoms with Gasteiger partial charge in [-0.25, -0.2) is 0 Å². The molecule has 27 heavy (non-hydrogen) atoms. The number of rotatable bonds is 4. The second kappa shape index (κ2) is 8.86. The van der Waals surface area contributed by atoms with Gasteiger partial charge in [-0.3, -0.25) is 9.69 Å². The predicted molar refractivity (Wildman–Crippen MR) is 103 cm³/mol. The molecule has 2 aliphatic heterocycles. The molecular weight excluding hydrogens is 373 g/mol. The molecule has 0 radical (unpaired) electrons. The summed E-state index contributed by atoms with van der Waals surface area (Å²) >= 11 is 2.00.